The van der Waals surface area contributed by atoms with Gasteiger partial charge in [-0.05, 0) is 25.5 Å². The van der Waals surface area contributed by atoms with Crippen LogP contribution in [0.3, 0.4) is 0 Å². The summed E-state index contributed by atoms with van der Waals surface area (Å²) in [5.74, 6) is 6.40. The molecular formula is C12H18N2S. The molecule has 0 spiro atoms. The summed E-state index contributed by atoms with van der Waals surface area (Å²) in [6, 6.07) is 8.83. The van der Waals surface area contributed by atoms with Crippen LogP contribution in [-0.2, 0) is 0 Å². The minimum Gasteiger partial charge on any atom is -0.271 e. The highest BCUT2D eigenvalue weighted by Gasteiger charge is 2.04. The summed E-state index contributed by atoms with van der Waals surface area (Å²) in [7, 11) is 0. The molecule has 1 unspecified atom stereocenters. The number of aryl methyl sites for hydroxylation is 1. The monoisotopic (exact) mass is 222 g/mol. The first kappa shape index (κ1) is 12.3. The lowest BCUT2D eigenvalue weighted by Gasteiger charge is -2.12. The third kappa shape index (κ3) is 4.51. The van der Waals surface area contributed by atoms with Crippen LogP contribution in [0.15, 0.2) is 41.8 Å². The molecule has 0 aliphatic rings. The second kappa shape index (κ2) is 6.67. The zero-order chi connectivity index (χ0) is 11.1. The summed E-state index contributed by atoms with van der Waals surface area (Å²) >= 11 is 1.81. The molecule has 15 heavy (non-hydrogen) atoms. The average Bonchev–Trinajstić information content (AvgIpc) is 2.26. The minimum absolute atomic E-state index is 0.300. The summed E-state index contributed by atoms with van der Waals surface area (Å²) in [6.07, 6.45) is 2.79. The molecule has 0 fully saturated rings. The van der Waals surface area contributed by atoms with E-state index in [0.717, 1.165) is 12.2 Å². The Labute approximate surface area is 95.9 Å². The zero-order valence-corrected chi connectivity index (χ0v) is 9.89. The van der Waals surface area contributed by atoms with E-state index in [4.69, 9.17) is 5.84 Å². The Bertz CT molecular complexity index is 295. The van der Waals surface area contributed by atoms with Gasteiger partial charge in [-0.3, -0.25) is 11.3 Å². The first-order chi connectivity index (χ1) is 7.26. The van der Waals surface area contributed by atoms with Gasteiger partial charge in [-0.1, -0.05) is 23.8 Å². The molecule has 0 amide bonds. The van der Waals surface area contributed by atoms with Crippen molar-refractivity contribution in [3.8, 4) is 0 Å². The maximum atomic E-state index is 5.44. The van der Waals surface area contributed by atoms with Gasteiger partial charge in [0.05, 0.1) is 0 Å². The minimum atomic E-state index is 0.300. The molecule has 1 aromatic carbocycles. The molecule has 1 aromatic rings. The number of thioether (sulfide) groups is 1. The summed E-state index contributed by atoms with van der Waals surface area (Å²) in [4.78, 5) is 1.28. The van der Waals surface area contributed by atoms with Crippen LogP contribution >= 0.6 is 11.8 Å². The molecule has 3 N–H and O–H groups in total. The van der Waals surface area contributed by atoms with Crippen LogP contribution in [0.1, 0.15) is 12.0 Å². The quantitative estimate of drug-likeness (QED) is 0.336. The number of rotatable bonds is 6. The van der Waals surface area contributed by atoms with E-state index < -0.39 is 0 Å². The molecule has 82 valence electrons. The molecule has 1 atom stereocenters. The average molecular weight is 222 g/mol. The van der Waals surface area contributed by atoms with E-state index >= 15 is 0 Å². The third-order valence-electron chi connectivity index (χ3n) is 2.16. The number of hydrogen-bond acceptors (Lipinski definition) is 3. The number of hydrogen-bond donors (Lipinski definition) is 2. The Hall–Kier alpha value is -0.770. The van der Waals surface area contributed by atoms with E-state index in [0.29, 0.717) is 6.04 Å². The molecule has 1 rings (SSSR count). The molecule has 0 saturated heterocycles. The summed E-state index contributed by atoms with van der Waals surface area (Å²) in [6.45, 7) is 5.80. The van der Waals surface area contributed by atoms with E-state index in [9.17, 15) is 0 Å². The summed E-state index contributed by atoms with van der Waals surface area (Å²) in [5.41, 5.74) is 4.08. The van der Waals surface area contributed by atoms with Crippen LogP contribution in [0.2, 0.25) is 0 Å². The molecule has 0 aromatic heterocycles. The van der Waals surface area contributed by atoms with Gasteiger partial charge in [-0.2, -0.15) is 0 Å². The van der Waals surface area contributed by atoms with Gasteiger partial charge in [0, 0.05) is 16.7 Å². The zero-order valence-electron chi connectivity index (χ0n) is 9.07. The lowest BCUT2D eigenvalue weighted by Crippen LogP contribution is -2.36. The van der Waals surface area contributed by atoms with Crippen LogP contribution in [0.25, 0.3) is 0 Å². The van der Waals surface area contributed by atoms with Gasteiger partial charge in [-0.15, -0.1) is 18.3 Å². The first-order valence-corrected chi connectivity index (χ1v) is 6.01. The maximum Gasteiger partial charge on any atom is 0.0338 e. The van der Waals surface area contributed by atoms with Crippen LogP contribution in [-0.4, -0.2) is 11.8 Å². The molecule has 3 heteroatoms. The number of nitrogens with one attached hydrogen (secondary N) is 1. The van der Waals surface area contributed by atoms with E-state index in [1.165, 1.54) is 10.5 Å². The Balaban J connectivity index is 2.41. The van der Waals surface area contributed by atoms with E-state index in [1.54, 1.807) is 0 Å². The predicted octanol–water partition coefficient (Wildman–Crippen LogP) is 2.50. The molecular weight excluding hydrogens is 204 g/mol. The number of hydrazine groups is 1. The highest BCUT2D eigenvalue weighted by atomic mass is 32.2. The summed E-state index contributed by atoms with van der Waals surface area (Å²) < 4.78 is 0. The smallest absolute Gasteiger partial charge is 0.0338 e. The van der Waals surface area contributed by atoms with Crippen molar-refractivity contribution in [3.05, 3.63) is 42.5 Å². The topological polar surface area (TPSA) is 38.0 Å². The second-order valence-electron chi connectivity index (χ2n) is 3.51. The fraction of sp³-hybridized carbons (Fsp3) is 0.333. The van der Waals surface area contributed by atoms with Gasteiger partial charge in [0.1, 0.15) is 0 Å². The standard InChI is InChI=1S/C12H18N2S/c1-3-4-11(14-13)9-15-12-7-5-10(2)6-8-12/h3,5-8,11,14H,1,4,9,13H2,2H3. The van der Waals surface area contributed by atoms with E-state index in [1.807, 2.05) is 17.8 Å². The number of nitrogens with two attached hydrogens (primary N) is 1. The first-order valence-electron chi connectivity index (χ1n) is 5.02. The highest BCUT2D eigenvalue weighted by Crippen LogP contribution is 2.19. The predicted molar refractivity (Wildman–Crippen MR) is 67.8 cm³/mol. The molecule has 2 nitrogen and oxygen atoms in total. The largest absolute Gasteiger partial charge is 0.271 e. The highest BCUT2D eigenvalue weighted by molar-refractivity contribution is 7.99. The van der Waals surface area contributed by atoms with E-state index in [2.05, 4.69) is 43.2 Å². The lowest BCUT2D eigenvalue weighted by atomic mass is 10.2. The van der Waals surface area contributed by atoms with Crippen LogP contribution in [0.5, 0.6) is 0 Å². The normalized spacial score (nSPS) is 12.4. The maximum absolute atomic E-state index is 5.44. The van der Waals surface area contributed by atoms with E-state index in [-0.39, 0.29) is 0 Å². The van der Waals surface area contributed by atoms with Gasteiger partial charge in [0.2, 0.25) is 0 Å². The van der Waals surface area contributed by atoms with Gasteiger partial charge >= 0.3 is 0 Å². The Morgan fingerprint density at radius 2 is 2.13 bits per heavy atom. The van der Waals surface area contributed by atoms with Crippen molar-refractivity contribution in [3.63, 3.8) is 0 Å². The Kier molecular flexibility index (Phi) is 5.47. The van der Waals surface area contributed by atoms with Crippen molar-refractivity contribution in [2.24, 2.45) is 5.84 Å². The molecule has 0 aliphatic carbocycles. The molecule has 0 radical (unpaired) electrons. The third-order valence-corrected chi connectivity index (χ3v) is 3.33. The van der Waals surface area contributed by atoms with Crippen LogP contribution in [0, 0.1) is 6.92 Å². The van der Waals surface area contributed by atoms with Gasteiger partial charge in [-0.25, -0.2) is 0 Å². The lowest BCUT2D eigenvalue weighted by molar-refractivity contribution is 0.585. The molecule has 0 heterocycles. The van der Waals surface area contributed by atoms with Gasteiger partial charge in [0.25, 0.3) is 0 Å². The Morgan fingerprint density at radius 1 is 1.47 bits per heavy atom. The van der Waals surface area contributed by atoms with Crippen molar-refractivity contribution in [1.29, 1.82) is 0 Å². The van der Waals surface area contributed by atoms with Gasteiger partial charge < -0.3 is 0 Å². The van der Waals surface area contributed by atoms with Crippen LogP contribution < -0.4 is 11.3 Å². The summed E-state index contributed by atoms with van der Waals surface area (Å²) in [5, 5.41) is 0. The molecule has 0 aliphatic heterocycles. The molecule has 0 saturated carbocycles. The fourth-order valence-corrected chi connectivity index (χ4v) is 2.17. The Morgan fingerprint density at radius 3 is 2.67 bits per heavy atom. The SMILES string of the molecule is C=CCC(CSc1ccc(C)cc1)NN. The van der Waals surface area contributed by atoms with Crippen molar-refractivity contribution in [2.75, 3.05) is 5.75 Å². The van der Waals surface area contributed by atoms with Crippen molar-refractivity contribution < 1.29 is 0 Å². The van der Waals surface area contributed by atoms with Crippen molar-refractivity contribution in [2.45, 2.75) is 24.3 Å². The van der Waals surface area contributed by atoms with Crippen molar-refractivity contribution in [1.82, 2.24) is 5.43 Å². The molecule has 0 bridgehead atoms. The number of benzene rings is 1. The second-order valence-corrected chi connectivity index (χ2v) is 4.61. The fourth-order valence-electron chi connectivity index (χ4n) is 1.22. The van der Waals surface area contributed by atoms with Crippen molar-refractivity contribution >= 4 is 11.8 Å². The van der Waals surface area contributed by atoms with Gasteiger partial charge in [0.15, 0.2) is 0 Å². The van der Waals surface area contributed by atoms with Crippen LogP contribution in [0.4, 0.5) is 0 Å².